The van der Waals surface area contributed by atoms with E-state index in [1.165, 1.54) is 16.4 Å². The predicted octanol–water partition coefficient (Wildman–Crippen LogP) is 2.59. The number of nitrogens with one attached hydrogen (secondary N) is 1. The molecular weight excluding hydrogens is 360 g/mol. The van der Waals surface area contributed by atoms with Crippen molar-refractivity contribution < 1.29 is 16.8 Å². The van der Waals surface area contributed by atoms with Crippen molar-refractivity contribution in [1.82, 2.24) is 0 Å². The zero-order valence-electron chi connectivity index (χ0n) is 13.8. The van der Waals surface area contributed by atoms with Crippen molar-refractivity contribution in [2.75, 3.05) is 21.3 Å². The number of benzene rings is 2. The van der Waals surface area contributed by atoms with Gasteiger partial charge in [0.1, 0.15) is 0 Å². The number of rotatable bonds is 5. The maximum atomic E-state index is 12.5. The van der Waals surface area contributed by atoms with E-state index >= 15 is 0 Å². The summed E-state index contributed by atoms with van der Waals surface area (Å²) in [7, 11) is -7.11. The molecule has 134 valence electrons. The molecule has 0 amide bonds. The highest BCUT2D eigenvalue weighted by Crippen LogP contribution is 2.32. The molecular formula is C17H20N2O4S2. The van der Waals surface area contributed by atoms with E-state index < -0.39 is 20.0 Å². The van der Waals surface area contributed by atoms with Crippen molar-refractivity contribution in [1.29, 1.82) is 0 Å². The number of hydrogen-bond acceptors (Lipinski definition) is 4. The third-order valence-electron chi connectivity index (χ3n) is 4.17. The van der Waals surface area contributed by atoms with Crippen molar-refractivity contribution in [2.24, 2.45) is 0 Å². The first-order chi connectivity index (χ1) is 11.8. The monoisotopic (exact) mass is 380 g/mol. The van der Waals surface area contributed by atoms with Gasteiger partial charge in [-0.05, 0) is 49.6 Å². The first-order valence-corrected chi connectivity index (χ1v) is 11.1. The van der Waals surface area contributed by atoms with Crippen LogP contribution in [0.5, 0.6) is 0 Å². The Morgan fingerprint density at radius 1 is 1.04 bits per heavy atom. The average Bonchev–Trinajstić information content (AvgIpc) is 2.61. The average molecular weight is 380 g/mol. The Morgan fingerprint density at radius 2 is 1.76 bits per heavy atom. The second-order valence-corrected chi connectivity index (χ2v) is 9.70. The molecule has 1 N–H and O–H groups in total. The van der Waals surface area contributed by atoms with Gasteiger partial charge in [-0.3, -0.25) is 9.03 Å². The van der Waals surface area contributed by atoms with Crippen molar-refractivity contribution >= 4 is 31.4 Å². The minimum Gasteiger partial charge on any atom is -0.280 e. The van der Waals surface area contributed by atoms with Crippen molar-refractivity contribution in [2.45, 2.75) is 24.7 Å². The molecule has 3 rings (SSSR count). The molecule has 1 aliphatic rings. The van der Waals surface area contributed by atoms with E-state index in [0.29, 0.717) is 17.9 Å². The highest BCUT2D eigenvalue weighted by molar-refractivity contribution is 7.93. The number of hydrogen-bond donors (Lipinski definition) is 1. The normalized spacial score (nSPS) is 14.8. The minimum atomic E-state index is -3.72. The molecule has 2 aromatic rings. The predicted molar refractivity (Wildman–Crippen MR) is 98.8 cm³/mol. The van der Waals surface area contributed by atoms with E-state index in [0.717, 1.165) is 18.4 Å². The van der Waals surface area contributed by atoms with E-state index in [1.807, 2.05) is 0 Å². The Morgan fingerprint density at radius 3 is 2.44 bits per heavy atom. The van der Waals surface area contributed by atoms with Crippen molar-refractivity contribution in [3.8, 4) is 0 Å². The molecule has 0 fully saturated rings. The van der Waals surface area contributed by atoms with Gasteiger partial charge in [-0.25, -0.2) is 16.8 Å². The molecule has 8 heteroatoms. The lowest BCUT2D eigenvalue weighted by atomic mass is 10.0. The van der Waals surface area contributed by atoms with Crippen molar-refractivity contribution in [3.63, 3.8) is 0 Å². The van der Waals surface area contributed by atoms with Crippen molar-refractivity contribution in [3.05, 3.63) is 54.1 Å². The first kappa shape index (κ1) is 17.8. The third-order valence-corrected chi connectivity index (χ3v) is 7.35. The smallest absolute Gasteiger partial charge is 0.261 e. The zero-order valence-corrected chi connectivity index (χ0v) is 15.5. The lowest BCUT2D eigenvalue weighted by molar-refractivity contribution is 0.588. The Labute approximate surface area is 148 Å². The van der Waals surface area contributed by atoms with Crippen LogP contribution in [0.25, 0.3) is 0 Å². The van der Waals surface area contributed by atoms with Crippen LogP contribution in [-0.2, 0) is 26.5 Å². The molecule has 0 aromatic heterocycles. The van der Waals surface area contributed by atoms with E-state index in [4.69, 9.17) is 0 Å². The number of sulfonamides is 2. The van der Waals surface area contributed by atoms with Gasteiger partial charge in [0.15, 0.2) is 0 Å². The molecule has 0 saturated carbocycles. The summed E-state index contributed by atoms with van der Waals surface area (Å²) in [5.41, 5.74) is 1.81. The fourth-order valence-electron chi connectivity index (χ4n) is 2.86. The second-order valence-electron chi connectivity index (χ2n) is 5.84. The van der Waals surface area contributed by atoms with E-state index in [1.54, 1.807) is 43.3 Å². The van der Waals surface area contributed by atoms with Gasteiger partial charge in [-0.2, -0.15) is 0 Å². The molecule has 0 unspecified atom stereocenters. The number of fused-ring (bicyclic) bond motifs is 1. The molecule has 25 heavy (non-hydrogen) atoms. The zero-order chi connectivity index (χ0) is 18.1. The summed E-state index contributed by atoms with van der Waals surface area (Å²) in [6.07, 6.45) is 1.53. The highest BCUT2D eigenvalue weighted by atomic mass is 32.2. The van der Waals surface area contributed by atoms with Gasteiger partial charge in [0.05, 0.1) is 22.0 Å². The Balaban J connectivity index is 1.97. The summed E-state index contributed by atoms with van der Waals surface area (Å²) in [4.78, 5) is 0.158. The molecule has 0 spiro atoms. The summed E-state index contributed by atoms with van der Waals surface area (Å²) in [6, 6.07) is 13.1. The molecule has 0 aliphatic carbocycles. The van der Waals surface area contributed by atoms with Gasteiger partial charge >= 0.3 is 0 Å². The maximum absolute atomic E-state index is 12.5. The van der Waals surface area contributed by atoms with E-state index in [-0.39, 0.29) is 10.6 Å². The topological polar surface area (TPSA) is 83.6 Å². The molecule has 0 radical (unpaired) electrons. The quantitative estimate of drug-likeness (QED) is 0.864. The molecule has 1 heterocycles. The molecule has 0 bridgehead atoms. The van der Waals surface area contributed by atoms with E-state index in [9.17, 15) is 16.8 Å². The lowest BCUT2D eigenvalue weighted by Crippen LogP contribution is -2.36. The lowest BCUT2D eigenvalue weighted by Gasteiger charge is -2.30. The maximum Gasteiger partial charge on any atom is 0.261 e. The van der Waals surface area contributed by atoms with Crippen LogP contribution in [0.15, 0.2) is 53.4 Å². The largest absolute Gasteiger partial charge is 0.280 e. The minimum absolute atomic E-state index is 0.00636. The fraction of sp³-hybridized carbons (Fsp3) is 0.294. The van der Waals surface area contributed by atoms with Crippen LogP contribution in [0.2, 0.25) is 0 Å². The molecule has 0 saturated heterocycles. The summed E-state index contributed by atoms with van der Waals surface area (Å²) in [6.45, 7) is 2.02. The first-order valence-electron chi connectivity index (χ1n) is 8.05. The summed E-state index contributed by atoms with van der Waals surface area (Å²) < 4.78 is 53.5. The van der Waals surface area contributed by atoms with Crippen LogP contribution in [0.4, 0.5) is 11.4 Å². The summed E-state index contributed by atoms with van der Waals surface area (Å²) in [5, 5.41) is 0. The van der Waals surface area contributed by atoms with Gasteiger partial charge in [0, 0.05) is 6.54 Å². The number of aryl methyl sites for hydroxylation is 1. The summed E-state index contributed by atoms with van der Waals surface area (Å²) >= 11 is 0. The SMILES string of the molecule is CCS(=O)(=O)N1CCCc2ccc(NS(=O)(=O)c3ccccc3)cc21. The van der Waals surface area contributed by atoms with Gasteiger partial charge in [-0.1, -0.05) is 24.3 Å². The second kappa shape index (κ2) is 6.68. The van der Waals surface area contributed by atoms with Gasteiger partial charge in [-0.15, -0.1) is 0 Å². The van der Waals surface area contributed by atoms with Crippen LogP contribution in [0.3, 0.4) is 0 Å². The van der Waals surface area contributed by atoms with Gasteiger partial charge in [0.25, 0.3) is 10.0 Å². The third kappa shape index (κ3) is 3.64. The Hall–Kier alpha value is -2.06. The van der Waals surface area contributed by atoms with Gasteiger partial charge < -0.3 is 0 Å². The molecule has 2 aromatic carbocycles. The van der Waals surface area contributed by atoms with Gasteiger partial charge in [0.2, 0.25) is 10.0 Å². The Bertz CT molecular complexity index is 971. The number of anilines is 2. The molecule has 1 aliphatic heterocycles. The van der Waals surface area contributed by atoms with Crippen LogP contribution in [0, 0.1) is 0 Å². The molecule has 0 atom stereocenters. The van der Waals surface area contributed by atoms with Crippen LogP contribution in [-0.4, -0.2) is 29.1 Å². The standard InChI is InChI=1S/C17H20N2O4S2/c1-2-24(20,21)19-12-6-7-14-10-11-15(13-17(14)19)18-25(22,23)16-8-4-3-5-9-16/h3-5,8-11,13,18H,2,6-7,12H2,1H3. The van der Waals surface area contributed by atoms with Crippen LogP contribution < -0.4 is 9.03 Å². The molecule has 6 nitrogen and oxygen atoms in total. The number of nitrogens with zero attached hydrogens (tertiary/aromatic N) is 1. The van der Waals surface area contributed by atoms with E-state index in [2.05, 4.69) is 4.72 Å². The van der Waals surface area contributed by atoms with Crippen LogP contribution in [0.1, 0.15) is 18.9 Å². The fourth-order valence-corrected chi connectivity index (χ4v) is 5.12. The van der Waals surface area contributed by atoms with Crippen LogP contribution >= 0.6 is 0 Å². The summed E-state index contributed by atoms with van der Waals surface area (Å²) in [5.74, 6) is 0.00636. The Kier molecular flexibility index (Phi) is 4.75. The highest BCUT2D eigenvalue weighted by Gasteiger charge is 2.26.